The number of carbonyl (C=O) groups excluding carboxylic acids is 1. The van der Waals surface area contributed by atoms with E-state index >= 15 is 0 Å². The zero-order valence-electron chi connectivity index (χ0n) is 10.4. The maximum Gasteiger partial charge on any atom is 0.239 e. The highest BCUT2D eigenvalue weighted by molar-refractivity contribution is 5.82. The van der Waals surface area contributed by atoms with E-state index in [1.54, 1.807) is 0 Å². The molecule has 3 rings (SSSR count). The van der Waals surface area contributed by atoms with Crippen molar-refractivity contribution in [3.8, 4) is 0 Å². The van der Waals surface area contributed by atoms with Gasteiger partial charge in [0, 0.05) is 25.1 Å². The minimum absolute atomic E-state index is 0.0953. The van der Waals surface area contributed by atoms with Crippen molar-refractivity contribution in [1.29, 1.82) is 0 Å². The average Bonchev–Trinajstić information content (AvgIpc) is 2.86. The normalized spacial score (nSPS) is 32.9. The van der Waals surface area contributed by atoms with Gasteiger partial charge in [0.05, 0.1) is 12.6 Å². The topological polar surface area (TPSA) is 41.6 Å². The van der Waals surface area contributed by atoms with E-state index in [0.29, 0.717) is 17.9 Å². The number of rotatable bonds is 4. The number of amides is 1. The van der Waals surface area contributed by atoms with Crippen LogP contribution in [0.5, 0.6) is 0 Å². The molecule has 0 spiro atoms. The van der Waals surface area contributed by atoms with E-state index in [4.69, 9.17) is 4.74 Å². The van der Waals surface area contributed by atoms with E-state index in [1.165, 1.54) is 12.8 Å². The van der Waals surface area contributed by atoms with Gasteiger partial charge in [-0.15, -0.1) is 0 Å². The van der Waals surface area contributed by atoms with E-state index in [9.17, 15) is 4.79 Å². The van der Waals surface area contributed by atoms with Crippen LogP contribution in [0.1, 0.15) is 32.1 Å². The van der Waals surface area contributed by atoms with Crippen molar-refractivity contribution in [3.05, 3.63) is 0 Å². The fourth-order valence-corrected chi connectivity index (χ4v) is 2.91. The van der Waals surface area contributed by atoms with Gasteiger partial charge in [-0.25, -0.2) is 0 Å². The van der Waals surface area contributed by atoms with Gasteiger partial charge in [0.2, 0.25) is 5.91 Å². The largest absolute Gasteiger partial charge is 0.381 e. The highest BCUT2D eigenvalue weighted by Crippen LogP contribution is 2.30. The van der Waals surface area contributed by atoms with Crippen molar-refractivity contribution in [2.75, 3.05) is 26.3 Å². The maximum absolute atomic E-state index is 12.4. The Morgan fingerprint density at radius 1 is 1.29 bits per heavy atom. The molecule has 1 amide bonds. The van der Waals surface area contributed by atoms with Crippen LogP contribution < -0.4 is 5.32 Å². The fraction of sp³-hybridized carbons (Fsp3) is 0.923. The van der Waals surface area contributed by atoms with E-state index in [1.807, 2.05) is 0 Å². The van der Waals surface area contributed by atoms with Crippen LogP contribution in [0, 0.1) is 5.92 Å². The van der Waals surface area contributed by atoms with Gasteiger partial charge >= 0.3 is 0 Å². The second-order valence-corrected chi connectivity index (χ2v) is 5.60. The lowest BCUT2D eigenvalue weighted by atomic mass is 10.1. The van der Waals surface area contributed by atoms with Crippen LogP contribution in [0.4, 0.5) is 0 Å². The monoisotopic (exact) mass is 238 g/mol. The molecule has 17 heavy (non-hydrogen) atoms. The van der Waals surface area contributed by atoms with Crippen LogP contribution in [0.2, 0.25) is 0 Å². The zero-order chi connectivity index (χ0) is 11.7. The Morgan fingerprint density at radius 2 is 2.18 bits per heavy atom. The van der Waals surface area contributed by atoms with E-state index in [2.05, 4.69) is 10.2 Å². The average molecular weight is 238 g/mol. The van der Waals surface area contributed by atoms with Crippen LogP contribution in [0.15, 0.2) is 0 Å². The summed E-state index contributed by atoms with van der Waals surface area (Å²) in [4.78, 5) is 14.6. The second kappa shape index (κ2) is 4.94. The first kappa shape index (κ1) is 11.5. The van der Waals surface area contributed by atoms with Crippen molar-refractivity contribution in [2.45, 2.75) is 44.2 Å². The van der Waals surface area contributed by atoms with Crippen LogP contribution in [-0.4, -0.2) is 49.2 Å². The summed E-state index contributed by atoms with van der Waals surface area (Å²) in [6.07, 6.45) is 5.68. The van der Waals surface area contributed by atoms with Gasteiger partial charge < -0.3 is 15.0 Å². The first-order valence-corrected chi connectivity index (χ1v) is 6.96. The van der Waals surface area contributed by atoms with Crippen molar-refractivity contribution in [2.24, 2.45) is 5.92 Å². The van der Waals surface area contributed by atoms with E-state index < -0.39 is 0 Å². The van der Waals surface area contributed by atoms with Gasteiger partial charge in [0.25, 0.3) is 0 Å². The second-order valence-electron chi connectivity index (χ2n) is 5.60. The summed E-state index contributed by atoms with van der Waals surface area (Å²) in [6, 6.07) is 0.628. The number of ether oxygens (including phenoxy) is 1. The molecular weight excluding hydrogens is 216 g/mol. The third-order valence-corrected chi connectivity index (χ3v) is 4.11. The summed E-state index contributed by atoms with van der Waals surface area (Å²) in [6.45, 7) is 3.64. The Hall–Kier alpha value is -0.610. The summed E-state index contributed by atoms with van der Waals surface area (Å²) in [7, 11) is 0. The zero-order valence-corrected chi connectivity index (χ0v) is 10.4. The lowest BCUT2D eigenvalue weighted by Crippen LogP contribution is -2.46. The summed E-state index contributed by atoms with van der Waals surface area (Å²) < 4.78 is 5.41. The molecule has 2 heterocycles. The van der Waals surface area contributed by atoms with E-state index in [0.717, 1.165) is 45.6 Å². The van der Waals surface area contributed by atoms with Crippen molar-refractivity contribution in [1.82, 2.24) is 10.2 Å². The van der Waals surface area contributed by atoms with Gasteiger partial charge in [0.15, 0.2) is 0 Å². The molecule has 4 heteroatoms. The van der Waals surface area contributed by atoms with Crippen LogP contribution in [0.3, 0.4) is 0 Å². The molecule has 0 bridgehead atoms. The quantitative estimate of drug-likeness (QED) is 0.786. The predicted octanol–water partition coefficient (Wildman–Crippen LogP) is 0.766. The third kappa shape index (κ3) is 2.63. The molecule has 3 fully saturated rings. The summed E-state index contributed by atoms with van der Waals surface area (Å²) >= 11 is 0. The summed E-state index contributed by atoms with van der Waals surface area (Å²) in [5, 5.41) is 3.32. The van der Waals surface area contributed by atoms with Crippen molar-refractivity contribution < 1.29 is 9.53 Å². The molecule has 0 aromatic rings. The van der Waals surface area contributed by atoms with Crippen LogP contribution >= 0.6 is 0 Å². The molecule has 2 saturated heterocycles. The molecule has 1 N–H and O–H groups in total. The Morgan fingerprint density at radius 3 is 2.76 bits per heavy atom. The molecule has 3 aliphatic rings. The fourth-order valence-electron chi connectivity index (χ4n) is 2.91. The molecule has 2 atom stereocenters. The number of hydrogen-bond acceptors (Lipinski definition) is 3. The molecule has 0 radical (unpaired) electrons. The van der Waals surface area contributed by atoms with E-state index in [-0.39, 0.29) is 6.04 Å². The third-order valence-electron chi connectivity index (χ3n) is 4.11. The Balaban J connectivity index is 1.60. The summed E-state index contributed by atoms with van der Waals surface area (Å²) in [5.41, 5.74) is 0. The van der Waals surface area contributed by atoms with Gasteiger partial charge in [-0.1, -0.05) is 0 Å². The minimum Gasteiger partial charge on any atom is -0.381 e. The molecule has 2 aliphatic heterocycles. The molecular formula is C13H22N2O2. The number of nitrogens with zero attached hydrogens (tertiary/aromatic N) is 1. The van der Waals surface area contributed by atoms with Gasteiger partial charge in [0.1, 0.15) is 0 Å². The number of carbonyl (C=O) groups is 1. The van der Waals surface area contributed by atoms with Crippen LogP contribution in [-0.2, 0) is 9.53 Å². The Bertz CT molecular complexity index is 279. The molecule has 1 aliphatic carbocycles. The number of nitrogens with one attached hydrogen (secondary N) is 1. The standard InChI is InChI=1S/C13H22N2O2/c16-13(12-2-1-6-14-12)15(11-3-4-11)8-10-5-7-17-9-10/h10-12,14H,1-9H2/t10?,12-/m1/s1. The number of hydrogen-bond donors (Lipinski definition) is 1. The predicted molar refractivity (Wildman–Crippen MR) is 64.7 cm³/mol. The maximum atomic E-state index is 12.4. The Kier molecular flexibility index (Phi) is 3.34. The van der Waals surface area contributed by atoms with Gasteiger partial charge in [-0.2, -0.15) is 0 Å². The molecule has 96 valence electrons. The molecule has 1 unspecified atom stereocenters. The van der Waals surface area contributed by atoms with Gasteiger partial charge in [-0.05, 0) is 38.6 Å². The van der Waals surface area contributed by atoms with Crippen molar-refractivity contribution >= 4 is 5.91 Å². The molecule has 1 saturated carbocycles. The van der Waals surface area contributed by atoms with Crippen LogP contribution in [0.25, 0.3) is 0 Å². The minimum atomic E-state index is 0.0953. The summed E-state index contributed by atoms with van der Waals surface area (Å²) in [5.74, 6) is 0.915. The smallest absolute Gasteiger partial charge is 0.239 e. The first-order valence-electron chi connectivity index (χ1n) is 6.96. The molecule has 0 aromatic carbocycles. The highest BCUT2D eigenvalue weighted by Gasteiger charge is 2.38. The van der Waals surface area contributed by atoms with Crippen molar-refractivity contribution in [3.63, 3.8) is 0 Å². The lowest BCUT2D eigenvalue weighted by Gasteiger charge is -2.27. The Labute approximate surface area is 103 Å². The highest BCUT2D eigenvalue weighted by atomic mass is 16.5. The first-order chi connectivity index (χ1) is 8.34. The molecule has 4 nitrogen and oxygen atoms in total. The SMILES string of the molecule is O=C([C@H]1CCCN1)N(CC1CCOC1)C1CC1. The van der Waals surface area contributed by atoms with Gasteiger partial charge in [-0.3, -0.25) is 4.79 Å². The lowest BCUT2D eigenvalue weighted by molar-refractivity contribution is -0.134. The molecule has 0 aromatic heterocycles.